The number of aromatic nitrogens is 3. The van der Waals surface area contributed by atoms with E-state index in [2.05, 4.69) is 15.0 Å². The summed E-state index contributed by atoms with van der Waals surface area (Å²) in [5, 5.41) is 0. The molecule has 0 aliphatic carbocycles. The predicted molar refractivity (Wildman–Crippen MR) is 113 cm³/mol. The van der Waals surface area contributed by atoms with Gasteiger partial charge in [0.2, 0.25) is 5.91 Å². The number of benzene rings is 1. The van der Waals surface area contributed by atoms with Crippen molar-refractivity contribution in [2.45, 2.75) is 25.7 Å². The number of nitrogens with one attached hydrogen (secondary N) is 1. The molecule has 0 spiro atoms. The van der Waals surface area contributed by atoms with Gasteiger partial charge in [0.25, 0.3) is 5.56 Å². The summed E-state index contributed by atoms with van der Waals surface area (Å²) in [6.07, 6.45) is 4.48. The van der Waals surface area contributed by atoms with Gasteiger partial charge in [0, 0.05) is 43.0 Å². The van der Waals surface area contributed by atoms with Crippen molar-refractivity contribution < 1.29 is 9.53 Å². The smallest absolute Gasteiger partial charge is 0.251 e. The Bertz CT molecular complexity index is 1060. The fraction of sp³-hybridized carbons (Fsp3) is 0.304. The topological polar surface area (TPSA) is 88.2 Å². The molecule has 1 saturated heterocycles. The van der Waals surface area contributed by atoms with Gasteiger partial charge in [-0.3, -0.25) is 14.6 Å². The second kappa shape index (κ2) is 8.90. The molecular weight excluding hydrogens is 380 g/mol. The maximum absolute atomic E-state index is 12.8. The number of hydrogen-bond acceptors (Lipinski definition) is 5. The Hall–Kier alpha value is -3.48. The van der Waals surface area contributed by atoms with E-state index in [0.29, 0.717) is 31.9 Å². The van der Waals surface area contributed by atoms with Crippen LogP contribution < -0.4 is 10.3 Å². The minimum absolute atomic E-state index is 0.0529. The van der Waals surface area contributed by atoms with Crippen LogP contribution in [0.4, 0.5) is 0 Å². The van der Waals surface area contributed by atoms with Crippen LogP contribution in [0.1, 0.15) is 30.5 Å². The van der Waals surface area contributed by atoms with E-state index >= 15 is 0 Å². The van der Waals surface area contributed by atoms with Gasteiger partial charge >= 0.3 is 0 Å². The highest BCUT2D eigenvalue weighted by molar-refractivity contribution is 5.79. The lowest BCUT2D eigenvalue weighted by atomic mass is 10.0. The van der Waals surface area contributed by atoms with E-state index in [-0.39, 0.29) is 17.4 Å². The third kappa shape index (κ3) is 4.56. The van der Waals surface area contributed by atoms with Crippen LogP contribution >= 0.6 is 0 Å². The lowest BCUT2D eigenvalue weighted by Crippen LogP contribution is -2.30. The molecule has 3 heterocycles. The molecule has 154 valence electrons. The minimum Gasteiger partial charge on any atom is -0.494 e. The summed E-state index contributed by atoms with van der Waals surface area (Å²) >= 11 is 0. The van der Waals surface area contributed by atoms with Crippen molar-refractivity contribution in [1.82, 2.24) is 19.9 Å². The number of carbonyl (C=O) groups excluding carboxylic acids is 1. The third-order valence-electron chi connectivity index (χ3n) is 5.26. The zero-order valence-corrected chi connectivity index (χ0v) is 16.9. The Morgan fingerprint density at radius 3 is 2.70 bits per heavy atom. The summed E-state index contributed by atoms with van der Waals surface area (Å²) in [6.45, 7) is 3.80. The highest BCUT2D eigenvalue weighted by Gasteiger charge is 2.28. The van der Waals surface area contributed by atoms with E-state index in [1.807, 2.05) is 48.2 Å². The lowest BCUT2D eigenvalue weighted by molar-refractivity contribution is -0.129. The van der Waals surface area contributed by atoms with Crippen molar-refractivity contribution in [3.63, 3.8) is 0 Å². The molecule has 1 aliphatic rings. The van der Waals surface area contributed by atoms with Gasteiger partial charge in [-0.15, -0.1) is 0 Å². The number of carbonyl (C=O) groups is 1. The number of pyridine rings is 1. The number of likely N-dealkylation sites (tertiary alicyclic amines) is 1. The van der Waals surface area contributed by atoms with Gasteiger partial charge in [0.15, 0.2) is 0 Å². The van der Waals surface area contributed by atoms with Crippen LogP contribution in [0.2, 0.25) is 0 Å². The molecule has 1 atom stereocenters. The molecule has 2 aromatic heterocycles. The second-order valence-electron chi connectivity index (χ2n) is 7.33. The van der Waals surface area contributed by atoms with E-state index in [0.717, 1.165) is 29.0 Å². The maximum atomic E-state index is 12.8. The van der Waals surface area contributed by atoms with Crippen LogP contribution in [0, 0.1) is 0 Å². The Balaban J connectivity index is 1.43. The number of amides is 1. The van der Waals surface area contributed by atoms with Gasteiger partial charge in [-0.25, -0.2) is 4.98 Å². The van der Waals surface area contributed by atoms with Crippen molar-refractivity contribution >= 4 is 5.91 Å². The molecule has 1 N–H and O–H groups in total. The molecule has 7 heteroatoms. The largest absolute Gasteiger partial charge is 0.494 e. The Labute approximate surface area is 174 Å². The van der Waals surface area contributed by atoms with Crippen LogP contribution in [-0.2, 0) is 11.2 Å². The first-order valence-electron chi connectivity index (χ1n) is 10.1. The van der Waals surface area contributed by atoms with E-state index in [4.69, 9.17) is 4.74 Å². The zero-order chi connectivity index (χ0) is 20.9. The molecule has 0 bridgehead atoms. The third-order valence-corrected chi connectivity index (χ3v) is 5.26. The van der Waals surface area contributed by atoms with Crippen molar-refractivity contribution in [2.24, 2.45) is 0 Å². The zero-order valence-electron chi connectivity index (χ0n) is 16.9. The SMILES string of the molecule is CCOc1ccc(CC(=O)N2CC[C@@H](c3cc(=O)[nH]c(-c4ccncc4)n3)C2)cc1. The number of nitrogens with zero attached hydrogens (tertiary/aromatic N) is 3. The second-order valence-corrected chi connectivity index (χ2v) is 7.33. The first-order chi connectivity index (χ1) is 14.6. The monoisotopic (exact) mass is 404 g/mol. The summed E-state index contributed by atoms with van der Waals surface area (Å²) in [4.78, 5) is 38.2. The van der Waals surface area contributed by atoms with Gasteiger partial charge in [0.1, 0.15) is 11.6 Å². The molecule has 4 rings (SSSR count). The fourth-order valence-electron chi connectivity index (χ4n) is 3.72. The highest BCUT2D eigenvalue weighted by atomic mass is 16.5. The van der Waals surface area contributed by atoms with E-state index in [1.54, 1.807) is 12.4 Å². The van der Waals surface area contributed by atoms with Gasteiger partial charge in [0.05, 0.1) is 18.7 Å². The standard InChI is InChI=1S/C23H24N4O3/c1-2-30-19-5-3-16(4-6-19)13-22(29)27-12-9-18(15-27)20-14-21(28)26-23(25-20)17-7-10-24-11-8-17/h3-8,10-11,14,18H,2,9,12-13,15H2,1H3,(H,25,26,28)/t18-/m1/s1. The van der Waals surface area contributed by atoms with Gasteiger partial charge in [-0.05, 0) is 43.2 Å². The molecule has 1 fully saturated rings. The van der Waals surface area contributed by atoms with Crippen LogP contribution in [0.3, 0.4) is 0 Å². The number of H-pyrrole nitrogens is 1. The molecule has 0 unspecified atom stereocenters. The molecule has 30 heavy (non-hydrogen) atoms. The van der Waals surface area contributed by atoms with E-state index < -0.39 is 0 Å². The number of aromatic amines is 1. The van der Waals surface area contributed by atoms with E-state index in [1.165, 1.54) is 6.07 Å². The predicted octanol–water partition coefficient (Wildman–Crippen LogP) is 2.79. The Morgan fingerprint density at radius 2 is 1.97 bits per heavy atom. The summed E-state index contributed by atoms with van der Waals surface area (Å²) in [6, 6.07) is 12.8. The quantitative estimate of drug-likeness (QED) is 0.683. The van der Waals surface area contributed by atoms with E-state index in [9.17, 15) is 9.59 Å². The molecule has 1 amide bonds. The summed E-state index contributed by atoms with van der Waals surface area (Å²) in [7, 11) is 0. The van der Waals surface area contributed by atoms with Crippen LogP contribution in [0.5, 0.6) is 5.75 Å². The molecule has 7 nitrogen and oxygen atoms in total. The summed E-state index contributed by atoms with van der Waals surface area (Å²) < 4.78 is 5.45. The first-order valence-corrected chi connectivity index (χ1v) is 10.1. The number of hydrogen-bond donors (Lipinski definition) is 1. The van der Waals surface area contributed by atoms with Crippen molar-refractivity contribution in [3.05, 3.63) is 76.5 Å². The van der Waals surface area contributed by atoms with Crippen LogP contribution in [0.15, 0.2) is 59.7 Å². The lowest BCUT2D eigenvalue weighted by Gasteiger charge is -2.17. The highest BCUT2D eigenvalue weighted by Crippen LogP contribution is 2.27. The summed E-state index contributed by atoms with van der Waals surface area (Å²) in [5.74, 6) is 1.47. The molecule has 0 radical (unpaired) electrons. The molecule has 1 aromatic carbocycles. The van der Waals surface area contributed by atoms with Crippen molar-refractivity contribution in [2.75, 3.05) is 19.7 Å². The average molecular weight is 404 g/mol. The molecule has 1 aliphatic heterocycles. The normalized spacial score (nSPS) is 15.9. The van der Waals surface area contributed by atoms with Gasteiger partial charge in [-0.1, -0.05) is 12.1 Å². The molecule has 0 saturated carbocycles. The Morgan fingerprint density at radius 1 is 1.20 bits per heavy atom. The van der Waals surface area contributed by atoms with Gasteiger partial charge in [-0.2, -0.15) is 0 Å². The minimum atomic E-state index is -0.189. The molecule has 3 aromatic rings. The van der Waals surface area contributed by atoms with Crippen LogP contribution in [0.25, 0.3) is 11.4 Å². The summed E-state index contributed by atoms with van der Waals surface area (Å²) in [5.41, 5.74) is 2.31. The first kappa shape index (κ1) is 19.8. The van der Waals surface area contributed by atoms with Crippen molar-refractivity contribution in [3.8, 4) is 17.1 Å². The van der Waals surface area contributed by atoms with Gasteiger partial charge < -0.3 is 14.6 Å². The average Bonchev–Trinajstić information content (AvgIpc) is 3.26. The fourth-order valence-corrected chi connectivity index (χ4v) is 3.72. The van der Waals surface area contributed by atoms with Crippen molar-refractivity contribution in [1.29, 1.82) is 0 Å². The van der Waals surface area contributed by atoms with Crippen LogP contribution in [-0.4, -0.2) is 45.5 Å². The number of rotatable bonds is 6. The Kier molecular flexibility index (Phi) is 5.88. The number of ether oxygens (including phenoxy) is 1. The molecular formula is C23H24N4O3. The maximum Gasteiger partial charge on any atom is 0.251 e.